The van der Waals surface area contributed by atoms with Crippen LogP contribution in [0, 0.1) is 17.3 Å². The second-order valence-corrected chi connectivity index (χ2v) is 10.5. The third-order valence-electron chi connectivity index (χ3n) is 8.82. The molecule has 6 rings (SSSR count). The first-order valence-electron chi connectivity index (χ1n) is 12.7. The van der Waals surface area contributed by atoms with Crippen LogP contribution >= 0.6 is 0 Å². The Hall–Kier alpha value is -3.48. The molecule has 7 nitrogen and oxygen atoms in total. The van der Waals surface area contributed by atoms with Gasteiger partial charge in [-0.2, -0.15) is 0 Å². The van der Waals surface area contributed by atoms with Gasteiger partial charge in [-0.25, -0.2) is 9.59 Å². The maximum Gasteiger partial charge on any atom is 0.379 e. The minimum atomic E-state index is -0.540. The molecule has 0 radical (unpaired) electrons. The van der Waals surface area contributed by atoms with Crippen LogP contribution in [0.15, 0.2) is 57.8 Å². The minimum absolute atomic E-state index is 0.0382. The standard InChI is InChI=1S/C29H30O7/c1-29-12-11-18-19(21(29)9-10-26(29)36-28(31)23-6-4-14-34-23)8-7-17-15-25(24(32-2)16-20(17)18)35-27(30)22-5-3-13-33-22/h3-6,13-16,18-19,21,26H,7-12H2,1-2H3/t18-,19+,21-,26-,29-/m0/s1. The molecule has 3 aliphatic rings. The molecule has 36 heavy (non-hydrogen) atoms. The lowest BCUT2D eigenvalue weighted by molar-refractivity contribution is -0.0443. The fraction of sp³-hybridized carbons (Fsp3) is 0.448. The molecule has 3 aliphatic carbocycles. The van der Waals surface area contributed by atoms with E-state index in [-0.39, 0.29) is 29.0 Å². The number of fused-ring (bicyclic) bond motifs is 5. The molecule has 188 valence electrons. The highest BCUT2D eigenvalue weighted by atomic mass is 16.6. The van der Waals surface area contributed by atoms with Crippen molar-refractivity contribution in [1.29, 1.82) is 0 Å². The fourth-order valence-corrected chi connectivity index (χ4v) is 7.09. The molecule has 0 amide bonds. The SMILES string of the molecule is COc1cc2c(cc1OC(=O)c1ccco1)CC[C@@H]1[C@@H]2CC[C@]2(C)[C@@H](OC(=O)c3ccco3)CC[C@@H]12. The summed E-state index contributed by atoms with van der Waals surface area (Å²) in [4.78, 5) is 25.1. The number of esters is 2. The van der Waals surface area contributed by atoms with E-state index in [1.54, 1.807) is 31.4 Å². The van der Waals surface area contributed by atoms with Crippen LogP contribution in [0.5, 0.6) is 11.5 Å². The van der Waals surface area contributed by atoms with E-state index in [1.807, 2.05) is 6.07 Å². The molecule has 0 unspecified atom stereocenters. The van der Waals surface area contributed by atoms with E-state index < -0.39 is 5.97 Å². The van der Waals surface area contributed by atoms with Gasteiger partial charge in [0.25, 0.3) is 0 Å². The molecular formula is C29H30O7. The monoisotopic (exact) mass is 490 g/mol. The van der Waals surface area contributed by atoms with Crippen LogP contribution in [0.1, 0.15) is 77.2 Å². The van der Waals surface area contributed by atoms with Crippen LogP contribution in [0.25, 0.3) is 0 Å². The summed E-state index contributed by atoms with van der Waals surface area (Å²) in [5.74, 6) is 1.90. The molecule has 7 heteroatoms. The summed E-state index contributed by atoms with van der Waals surface area (Å²) in [6.45, 7) is 2.30. The van der Waals surface area contributed by atoms with Crippen LogP contribution in [0.2, 0.25) is 0 Å². The van der Waals surface area contributed by atoms with E-state index in [1.165, 1.54) is 23.7 Å². The molecule has 1 aromatic carbocycles. The van der Waals surface area contributed by atoms with Gasteiger partial charge in [-0.05, 0) is 104 Å². The fourth-order valence-electron chi connectivity index (χ4n) is 7.09. The van der Waals surface area contributed by atoms with E-state index in [9.17, 15) is 9.59 Å². The highest BCUT2D eigenvalue weighted by Crippen LogP contribution is 2.62. The summed E-state index contributed by atoms with van der Waals surface area (Å²) in [7, 11) is 1.60. The average Bonchev–Trinajstić information content (AvgIpc) is 3.65. The number of ether oxygens (including phenoxy) is 3. The van der Waals surface area contributed by atoms with E-state index >= 15 is 0 Å². The molecule has 2 fully saturated rings. The van der Waals surface area contributed by atoms with Gasteiger partial charge in [0.15, 0.2) is 11.5 Å². The van der Waals surface area contributed by atoms with Crippen LogP contribution in [0.4, 0.5) is 0 Å². The number of methoxy groups -OCH3 is 1. The molecule has 2 aromatic heterocycles. The van der Waals surface area contributed by atoms with E-state index in [0.29, 0.717) is 29.3 Å². The Bertz CT molecular complexity index is 1260. The molecule has 0 aliphatic heterocycles. The summed E-state index contributed by atoms with van der Waals surface area (Å²) < 4.78 is 27.7. The van der Waals surface area contributed by atoms with Crippen molar-refractivity contribution in [3.8, 4) is 11.5 Å². The Morgan fingerprint density at radius 2 is 1.69 bits per heavy atom. The molecule has 0 saturated heterocycles. The second-order valence-electron chi connectivity index (χ2n) is 10.5. The second kappa shape index (κ2) is 8.87. The summed E-state index contributed by atoms with van der Waals surface area (Å²) in [6, 6.07) is 10.6. The third kappa shape index (κ3) is 3.72. The van der Waals surface area contributed by atoms with Gasteiger partial charge in [0, 0.05) is 5.41 Å². The number of rotatable bonds is 5. The van der Waals surface area contributed by atoms with Crippen molar-refractivity contribution >= 4 is 11.9 Å². The Kier molecular flexibility index (Phi) is 5.66. The van der Waals surface area contributed by atoms with Gasteiger partial charge in [0.2, 0.25) is 11.5 Å². The molecule has 0 bridgehead atoms. The Morgan fingerprint density at radius 1 is 0.944 bits per heavy atom. The quantitative estimate of drug-likeness (QED) is 0.312. The van der Waals surface area contributed by atoms with Crippen LogP contribution in [-0.4, -0.2) is 25.2 Å². The van der Waals surface area contributed by atoms with Gasteiger partial charge in [-0.15, -0.1) is 0 Å². The van der Waals surface area contributed by atoms with E-state index in [2.05, 4.69) is 13.0 Å². The summed E-state index contributed by atoms with van der Waals surface area (Å²) in [5, 5.41) is 0. The maximum atomic E-state index is 12.6. The highest BCUT2D eigenvalue weighted by molar-refractivity contribution is 5.88. The number of aryl methyl sites for hydroxylation is 1. The van der Waals surface area contributed by atoms with Crippen LogP contribution < -0.4 is 9.47 Å². The zero-order chi connectivity index (χ0) is 24.9. The zero-order valence-electron chi connectivity index (χ0n) is 20.5. The van der Waals surface area contributed by atoms with E-state index in [4.69, 9.17) is 23.0 Å². The largest absolute Gasteiger partial charge is 0.493 e. The maximum absolute atomic E-state index is 12.6. The smallest absolute Gasteiger partial charge is 0.379 e. The number of hydrogen-bond acceptors (Lipinski definition) is 7. The molecular weight excluding hydrogens is 460 g/mol. The first-order chi connectivity index (χ1) is 17.5. The van der Waals surface area contributed by atoms with Crippen molar-refractivity contribution in [2.24, 2.45) is 17.3 Å². The van der Waals surface area contributed by atoms with Gasteiger partial charge in [-0.3, -0.25) is 0 Å². The average molecular weight is 491 g/mol. The topological polar surface area (TPSA) is 88.1 Å². The molecule has 0 spiro atoms. The lowest BCUT2D eigenvalue weighted by Gasteiger charge is -2.50. The molecule has 5 atom stereocenters. The van der Waals surface area contributed by atoms with Gasteiger partial charge in [0.1, 0.15) is 6.10 Å². The number of carbonyl (C=O) groups is 2. The Morgan fingerprint density at radius 3 is 2.39 bits per heavy atom. The Labute approximate surface area is 209 Å². The van der Waals surface area contributed by atoms with Crippen molar-refractivity contribution in [2.75, 3.05) is 7.11 Å². The van der Waals surface area contributed by atoms with Crippen molar-refractivity contribution in [1.82, 2.24) is 0 Å². The van der Waals surface area contributed by atoms with Crippen molar-refractivity contribution in [3.63, 3.8) is 0 Å². The van der Waals surface area contributed by atoms with E-state index in [0.717, 1.165) is 38.5 Å². The molecule has 3 aromatic rings. The molecule has 2 heterocycles. The summed E-state index contributed by atoms with van der Waals surface area (Å²) in [6.07, 6.45) is 8.78. The van der Waals surface area contributed by atoms with Crippen LogP contribution in [0.3, 0.4) is 0 Å². The van der Waals surface area contributed by atoms with Gasteiger partial charge in [0.05, 0.1) is 19.6 Å². The van der Waals surface area contributed by atoms with Crippen molar-refractivity contribution < 1.29 is 32.6 Å². The number of carbonyl (C=O) groups excluding carboxylic acids is 2. The van der Waals surface area contributed by atoms with Gasteiger partial charge < -0.3 is 23.0 Å². The number of hydrogen-bond donors (Lipinski definition) is 0. The molecule has 2 saturated carbocycles. The number of benzene rings is 1. The minimum Gasteiger partial charge on any atom is -0.493 e. The highest BCUT2D eigenvalue weighted by Gasteiger charge is 2.56. The third-order valence-corrected chi connectivity index (χ3v) is 8.82. The summed E-state index contributed by atoms with van der Waals surface area (Å²) in [5.41, 5.74) is 2.46. The lowest BCUT2D eigenvalue weighted by Crippen LogP contribution is -2.45. The molecule has 0 N–H and O–H groups in total. The lowest BCUT2D eigenvalue weighted by atomic mass is 9.55. The summed E-state index contributed by atoms with van der Waals surface area (Å²) >= 11 is 0. The predicted molar refractivity (Wildman–Crippen MR) is 129 cm³/mol. The first-order valence-corrected chi connectivity index (χ1v) is 12.7. The van der Waals surface area contributed by atoms with Gasteiger partial charge in [-0.1, -0.05) is 6.92 Å². The van der Waals surface area contributed by atoms with Crippen LogP contribution in [-0.2, 0) is 11.2 Å². The van der Waals surface area contributed by atoms with Crippen molar-refractivity contribution in [3.05, 3.63) is 71.6 Å². The zero-order valence-corrected chi connectivity index (χ0v) is 20.5. The first kappa shape index (κ1) is 23.0. The van der Waals surface area contributed by atoms with Gasteiger partial charge >= 0.3 is 11.9 Å². The predicted octanol–water partition coefficient (Wildman–Crippen LogP) is 6.18. The number of furan rings is 2. The normalized spacial score (nSPS) is 28.5. The Balaban J connectivity index is 1.23. The van der Waals surface area contributed by atoms with Crippen molar-refractivity contribution in [2.45, 2.75) is 57.5 Å².